The van der Waals surface area contributed by atoms with Crippen molar-refractivity contribution < 1.29 is 28.6 Å². The fourth-order valence-corrected chi connectivity index (χ4v) is 5.22. The van der Waals surface area contributed by atoms with Gasteiger partial charge in [0.1, 0.15) is 12.4 Å². The smallest absolute Gasteiger partial charge is 0.296 e. The standard InChI is InChI=1S/C28H24N2O6S/c1-5-12-35-19-10-6-8-17(13-19)23-22(25(32)27(33)30(23)28-29-15(2)16(3)37-28)24(31)21-14-18-9-7-11-20(34-4)26(18)36-21/h5-11,13-14,23,32H,1,12H2,2-4H3. The molecule has 1 N–H and O–H groups in total. The summed E-state index contributed by atoms with van der Waals surface area (Å²) in [5.74, 6) is -0.997. The van der Waals surface area contributed by atoms with Gasteiger partial charge in [0.05, 0.1) is 24.4 Å². The highest BCUT2D eigenvalue weighted by Gasteiger charge is 2.46. The van der Waals surface area contributed by atoms with Crippen LogP contribution in [-0.2, 0) is 4.79 Å². The molecule has 0 radical (unpaired) electrons. The van der Waals surface area contributed by atoms with Crippen LogP contribution in [-0.4, -0.2) is 35.5 Å². The number of nitrogens with zero attached hydrogens (tertiary/aromatic N) is 2. The molecular formula is C28H24N2O6S. The van der Waals surface area contributed by atoms with Gasteiger partial charge in [-0.3, -0.25) is 14.5 Å². The van der Waals surface area contributed by atoms with E-state index in [1.807, 2.05) is 13.8 Å². The number of ketones is 1. The van der Waals surface area contributed by atoms with Crippen molar-refractivity contribution in [1.29, 1.82) is 0 Å². The van der Waals surface area contributed by atoms with Gasteiger partial charge in [-0.2, -0.15) is 0 Å². The number of carbonyl (C=O) groups excluding carboxylic acids is 2. The van der Waals surface area contributed by atoms with E-state index in [9.17, 15) is 14.7 Å². The Hall–Kier alpha value is -4.37. The molecule has 0 saturated heterocycles. The van der Waals surface area contributed by atoms with Crippen molar-refractivity contribution in [2.24, 2.45) is 0 Å². The van der Waals surface area contributed by atoms with Crippen LogP contribution in [0.4, 0.5) is 5.13 Å². The first-order valence-electron chi connectivity index (χ1n) is 11.5. The van der Waals surface area contributed by atoms with Gasteiger partial charge in [0.25, 0.3) is 5.91 Å². The fourth-order valence-electron chi connectivity index (χ4n) is 4.28. The summed E-state index contributed by atoms with van der Waals surface area (Å²) in [6.07, 6.45) is 1.62. The number of aliphatic hydroxyl groups excluding tert-OH is 1. The maximum Gasteiger partial charge on any atom is 0.296 e. The molecule has 1 aliphatic rings. The zero-order chi connectivity index (χ0) is 26.3. The molecule has 2 aromatic heterocycles. The first-order valence-corrected chi connectivity index (χ1v) is 12.3. The van der Waals surface area contributed by atoms with E-state index in [1.165, 1.54) is 23.3 Å². The number of para-hydroxylation sites is 1. The zero-order valence-electron chi connectivity index (χ0n) is 20.5. The minimum atomic E-state index is -0.952. The predicted molar refractivity (Wildman–Crippen MR) is 141 cm³/mol. The monoisotopic (exact) mass is 516 g/mol. The summed E-state index contributed by atoms with van der Waals surface area (Å²) < 4.78 is 16.9. The van der Waals surface area contributed by atoms with Gasteiger partial charge in [0.15, 0.2) is 28.0 Å². The molecule has 37 heavy (non-hydrogen) atoms. The third-order valence-electron chi connectivity index (χ3n) is 6.17. The largest absolute Gasteiger partial charge is 0.503 e. The minimum absolute atomic E-state index is 0.0220. The first-order chi connectivity index (χ1) is 17.8. The number of aromatic nitrogens is 1. The fraction of sp³-hybridized carbons (Fsp3) is 0.179. The highest BCUT2D eigenvalue weighted by molar-refractivity contribution is 7.15. The second-order valence-corrected chi connectivity index (χ2v) is 9.65. The molecule has 9 heteroatoms. The first kappa shape index (κ1) is 24.3. The Kier molecular flexibility index (Phi) is 6.31. The number of benzene rings is 2. The quantitative estimate of drug-likeness (QED) is 0.231. The van der Waals surface area contributed by atoms with Gasteiger partial charge >= 0.3 is 0 Å². The Morgan fingerprint density at radius 2 is 2.03 bits per heavy atom. The van der Waals surface area contributed by atoms with Crippen molar-refractivity contribution in [2.75, 3.05) is 18.6 Å². The third-order valence-corrected chi connectivity index (χ3v) is 7.24. The van der Waals surface area contributed by atoms with Crippen LogP contribution in [0.3, 0.4) is 0 Å². The van der Waals surface area contributed by atoms with E-state index >= 15 is 0 Å². The average Bonchev–Trinajstić information content (AvgIpc) is 3.56. The van der Waals surface area contributed by atoms with Crippen LogP contribution in [0, 0.1) is 13.8 Å². The summed E-state index contributed by atoms with van der Waals surface area (Å²) in [6.45, 7) is 7.70. The molecule has 4 aromatic rings. The molecule has 5 rings (SSSR count). The number of hydrogen-bond acceptors (Lipinski definition) is 8. The average molecular weight is 517 g/mol. The molecule has 1 atom stereocenters. The molecule has 1 amide bonds. The lowest BCUT2D eigenvalue weighted by molar-refractivity contribution is -0.117. The second kappa shape index (κ2) is 9.59. The number of rotatable bonds is 8. The molecule has 0 fully saturated rings. The molecule has 3 heterocycles. The molecule has 1 aliphatic heterocycles. The van der Waals surface area contributed by atoms with Gasteiger partial charge in [-0.05, 0) is 43.7 Å². The van der Waals surface area contributed by atoms with Crippen LogP contribution >= 0.6 is 11.3 Å². The molecule has 0 saturated carbocycles. The summed E-state index contributed by atoms with van der Waals surface area (Å²) in [6, 6.07) is 13.0. The van der Waals surface area contributed by atoms with Crippen LogP contribution in [0.5, 0.6) is 11.5 Å². The molecule has 8 nitrogen and oxygen atoms in total. The molecule has 0 spiro atoms. The number of methoxy groups -OCH3 is 1. The van der Waals surface area contributed by atoms with Gasteiger partial charge in [-0.1, -0.05) is 36.9 Å². The Labute approximate surface area is 217 Å². The summed E-state index contributed by atoms with van der Waals surface area (Å²) in [5.41, 5.74) is 1.63. The normalized spacial score (nSPS) is 15.5. The van der Waals surface area contributed by atoms with Crippen LogP contribution < -0.4 is 14.4 Å². The molecule has 2 aromatic carbocycles. The number of Topliss-reactive ketones (excluding diaryl/α,β-unsaturated/α-hetero) is 1. The van der Waals surface area contributed by atoms with Crippen LogP contribution in [0.2, 0.25) is 0 Å². The number of anilines is 1. The lowest BCUT2D eigenvalue weighted by atomic mass is 9.95. The summed E-state index contributed by atoms with van der Waals surface area (Å²) >= 11 is 1.31. The molecule has 1 unspecified atom stereocenters. The van der Waals surface area contributed by atoms with Crippen molar-refractivity contribution in [3.63, 3.8) is 0 Å². The van der Waals surface area contributed by atoms with E-state index in [-0.39, 0.29) is 17.9 Å². The topological polar surface area (TPSA) is 102 Å². The number of fused-ring (bicyclic) bond motifs is 1. The number of ether oxygens (including phenoxy) is 2. The van der Waals surface area contributed by atoms with Crippen LogP contribution in [0.15, 0.2) is 76.9 Å². The SMILES string of the molecule is C=CCOc1cccc(C2C(C(=O)c3cc4cccc(OC)c4o3)=C(O)C(=O)N2c2nc(C)c(C)s2)c1. The number of furan rings is 1. The maximum absolute atomic E-state index is 13.9. The van der Waals surface area contributed by atoms with E-state index in [1.54, 1.807) is 54.6 Å². The molecule has 0 aliphatic carbocycles. The number of thiazole rings is 1. The molecule has 188 valence electrons. The minimum Gasteiger partial charge on any atom is -0.503 e. The Bertz CT molecular complexity index is 1560. The molecular weight excluding hydrogens is 492 g/mol. The van der Waals surface area contributed by atoms with Crippen molar-refractivity contribution >= 4 is 39.1 Å². The Balaban J connectivity index is 1.65. The van der Waals surface area contributed by atoms with Crippen molar-refractivity contribution in [2.45, 2.75) is 19.9 Å². The summed E-state index contributed by atoms with van der Waals surface area (Å²) in [7, 11) is 1.51. The highest BCUT2D eigenvalue weighted by atomic mass is 32.1. The number of hydrogen-bond donors (Lipinski definition) is 1. The van der Waals surface area contributed by atoms with Gasteiger partial charge in [0.2, 0.25) is 5.78 Å². The van der Waals surface area contributed by atoms with Crippen LogP contribution in [0.25, 0.3) is 11.0 Å². The zero-order valence-corrected chi connectivity index (χ0v) is 21.3. The summed E-state index contributed by atoms with van der Waals surface area (Å²) in [4.78, 5) is 34.1. The molecule has 0 bridgehead atoms. The third kappa shape index (κ3) is 4.17. The maximum atomic E-state index is 13.9. The van der Waals surface area contributed by atoms with Gasteiger partial charge < -0.3 is 19.0 Å². The van der Waals surface area contributed by atoms with Gasteiger partial charge in [-0.25, -0.2) is 4.98 Å². The summed E-state index contributed by atoms with van der Waals surface area (Å²) in [5, 5.41) is 12.1. The second-order valence-electron chi connectivity index (χ2n) is 8.47. The Morgan fingerprint density at radius 3 is 2.73 bits per heavy atom. The van der Waals surface area contributed by atoms with Crippen LogP contribution in [0.1, 0.15) is 32.7 Å². The van der Waals surface area contributed by atoms with E-state index in [0.29, 0.717) is 33.2 Å². The number of amides is 1. The van der Waals surface area contributed by atoms with Crippen molar-refractivity contribution in [3.8, 4) is 11.5 Å². The number of aliphatic hydroxyl groups is 1. The van der Waals surface area contributed by atoms with Gasteiger partial charge in [0, 0.05) is 10.3 Å². The van der Waals surface area contributed by atoms with Crippen molar-refractivity contribution in [1.82, 2.24) is 4.98 Å². The Morgan fingerprint density at radius 1 is 1.24 bits per heavy atom. The van der Waals surface area contributed by atoms with E-state index < -0.39 is 23.5 Å². The number of aryl methyl sites for hydroxylation is 2. The predicted octanol–water partition coefficient (Wildman–Crippen LogP) is 5.86. The lowest BCUT2D eigenvalue weighted by Crippen LogP contribution is -2.31. The van der Waals surface area contributed by atoms with Gasteiger partial charge in [-0.15, -0.1) is 11.3 Å². The lowest BCUT2D eigenvalue weighted by Gasteiger charge is -2.24. The van der Waals surface area contributed by atoms with E-state index in [2.05, 4.69) is 11.6 Å². The van der Waals surface area contributed by atoms with E-state index in [0.717, 1.165) is 10.6 Å². The van der Waals surface area contributed by atoms with Crippen molar-refractivity contribution in [3.05, 3.63) is 94.4 Å². The highest BCUT2D eigenvalue weighted by Crippen LogP contribution is 2.44. The number of carbonyl (C=O) groups is 2. The van der Waals surface area contributed by atoms with E-state index in [4.69, 9.17) is 13.9 Å².